The number of fused-ring (bicyclic) bond motifs is 1. The van der Waals surface area contributed by atoms with Crippen LogP contribution in [0.25, 0.3) is 4.96 Å². The van der Waals surface area contributed by atoms with E-state index in [2.05, 4.69) is 15.3 Å². The molecule has 0 saturated heterocycles. The highest BCUT2D eigenvalue weighted by atomic mass is 32.1. The number of nitrogens with two attached hydrogens (primary N) is 1. The molecule has 2 N–H and O–H groups in total. The van der Waals surface area contributed by atoms with Crippen molar-refractivity contribution in [2.45, 2.75) is 44.8 Å². The Morgan fingerprint density at radius 1 is 1.11 bits per heavy atom. The Morgan fingerprint density at radius 2 is 1.68 bits per heavy atom. The third-order valence-corrected chi connectivity index (χ3v) is 4.61. The van der Waals surface area contributed by atoms with E-state index in [0.29, 0.717) is 5.01 Å². The van der Waals surface area contributed by atoms with Gasteiger partial charge in [0.25, 0.3) is 5.82 Å². The minimum Gasteiger partial charge on any atom is -0.325 e. The summed E-state index contributed by atoms with van der Waals surface area (Å²) in [6, 6.07) is 0. The van der Waals surface area contributed by atoms with Crippen LogP contribution in [0.2, 0.25) is 0 Å². The molecule has 2 heterocycles. The van der Waals surface area contributed by atoms with Gasteiger partial charge in [-0.25, -0.2) is 0 Å². The quantitative estimate of drug-likeness (QED) is 0.921. The lowest BCUT2D eigenvalue weighted by Crippen LogP contribution is -2.50. The molecule has 5 nitrogen and oxygen atoms in total. The summed E-state index contributed by atoms with van der Waals surface area (Å²) in [7, 11) is 0. The second-order valence-corrected chi connectivity index (χ2v) is 6.43. The van der Waals surface area contributed by atoms with Gasteiger partial charge < -0.3 is 5.73 Å². The van der Waals surface area contributed by atoms with E-state index in [1.165, 1.54) is 0 Å². The van der Waals surface area contributed by atoms with Crippen molar-refractivity contribution in [3.05, 3.63) is 10.8 Å². The second kappa shape index (κ2) is 3.89. The van der Waals surface area contributed by atoms with Gasteiger partial charge in [0.05, 0.1) is 0 Å². The van der Waals surface area contributed by atoms with Gasteiger partial charge in [-0.2, -0.15) is 22.8 Å². The number of rotatable bonds is 2. The predicted octanol–water partition coefficient (Wildman–Crippen LogP) is 2.22. The third kappa shape index (κ3) is 2.20. The molecule has 0 atom stereocenters. The molecule has 106 valence electrons. The summed E-state index contributed by atoms with van der Waals surface area (Å²) < 4.78 is 38.9. The SMILES string of the molecule is CC(C)(N)C(C)(C)c1nn2c(C(F)(F)F)nnc2s1. The summed E-state index contributed by atoms with van der Waals surface area (Å²) in [5.74, 6) is -1.12. The highest BCUT2D eigenvalue weighted by Crippen LogP contribution is 2.37. The first-order chi connectivity index (χ1) is 8.44. The molecule has 19 heavy (non-hydrogen) atoms. The number of halogens is 3. The normalized spacial score (nSPS) is 14.3. The van der Waals surface area contributed by atoms with Crippen LogP contribution in [0, 0.1) is 0 Å². The molecule has 2 aromatic rings. The van der Waals surface area contributed by atoms with Crippen molar-refractivity contribution in [3.8, 4) is 0 Å². The lowest BCUT2D eigenvalue weighted by atomic mass is 9.76. The fourth-order valence-electron chi connectivity index (χ4n) is 1.32. The van der Waals surface area contributed by atoms with Crippen molar-refractivity contribution in [1.29, 1.82) is 0 Å². The van der Waals surface area contributed by atoms with E-state index in [9.17, 15) is 13.2 Å². The fourth-order valence-corrected chi connectivity index (χ4v) is 2.43. The summed E-state index contributed by atoms with van der Waals surface area (Å²) in [6.07, 6.45) is -4.58. The minimum atomic E-state index is -4.58. The lowest BCUT2D eigenvalue weighted by Gasteiger charge is -2.36. The molecular weight excluding hydrogens is 279 g/mol. The Kier molecular flexibility index (Phi) is 2.91. The van der Waals surface area contributed by atoms with Crippen LogP contribution >= 0.6 is 11.3 Å². The van der Waals surface area contributed by atoms with Gasteiger partial charge in [-0.1, -0.05) is 25.2 Å². The van der Waals surface area contributed by atoms with E-state index in [0.717, 1.165) is 15.9 Å². The summed E-state index contributed by atoms with van der Waals surface area (Å²) in [6.45, 7) is 7.29. The molecule has 0 unspecified atom stereocenters. The van der Waals surface area contributed by atoms with Crippen molar-refractivity contribution in [2.24, 2.45) is 5.73 Å². The molecule has 0 amide bonds. The number of nitrogens with zero attached hydrogens (tertiary/aromatic N) is 4. The monoisotopic (exact) mass is 293 g/mol. The van der Waals surface area contributed by atoms with Gasteiger partial charge in [-0.15, -0.1) is 10.2 Å². The Hall–Kier alpha value is -1.22. The van der Waals surface area contributed by atoms with Gasteiger partial charge in [0.15, 0.2) is 0 Å². The first kappa shape index (κ1) is 14.2. The summed E-state index contributed by atoms with van der Waals surface area (Å²) in [4.78, 5) is 0.111. The van der Waals surface area contributed by atoms with Crippen LogP contribution in [0.4, 0.5) is 13.2 Å². The van der Waals surface area contributed by atoms with E-state index < -0.39 is 23.0 Å². The molecule has 0 radical (unpaired) electrons. The lowest BCUT2D eigenvalue weighted by molar-refractivity contribution is -0.146. The van der Waals surface area contributed by atoms with Crippen molar-refractivity contribution >= 4 is 16.3 Å². The topological polar surface area (TPSA) is 69.1 Å². The molecule has 0 aliphatic rings. The maximum absolute atomic E-state index is 12.7. The molecule has 9 heteroatoms. The van der Waals surface area contributed by atoms with Crippen LogP contribution in [0.15, 0.2) is 0 Å². The van der Waals surface area contributed by atoms with E-state index in [1.807, 2.05) is 13.8 Å². The Balaban J connectivity index is 2.58. The maximum atomic E-state index is 12.7. The highest BCUT2D eigenvalue weighted by Gasteiger charge is 2.42. The van der Waals surface area contributed by atoms with Gasteiger partial charge in [-0.05, 0) is 13.8 Å². The number of aromatic nitrogens is 4. The molecule has 0 aliphatic heterocycles. The summed E-state index contributed by atoms with van der Waals surface area (Å²) in [5.41, 5.74) is 4.85. The van der Waals surface area contributed by atoms with Gasteiger partial charge in [0, 0.05) is 11.0 Å². The average molecular weight is 293 g/mol. The van der Waals surface area contributed by atoms with Crippen LogP contribution < -0.4 is 5.73 Å². The molecule has 0 bridgehead atoms. The van der Waals surface area contributed by atoms with Crippen LogP contribution in [0.1, 0.15) is 38.5 Å². The van der Waals surface area contributed by atoms with Gasteiger partial charge >= 0.3 is 6.18 Å². The number of hydrogen-bond donors (Lipinski definition) is 1. The zero-order valence-corrected chi connectivity index (χ0v) is 11.7. The largest absolute Gasteiger partial charge is 0.453 e. The van der Waals surface area contributed by atoms with Gasteiger partial charge in [-0.3, -0.25) is 0 Å². The molecule has 0 aliphatic carbocycles. The molecule has 0 saturated carbocycles. The van der Waals surface area contributed by atoms with Crippen LogP contribution in [-0.4, -0.2) is 25.4 Å². The Morgan fingerprint density at radius 3 is 2.16 bits per heavy atom. The number of alkyl halides is 3. The van der Waals surface area contributed by atoms with E-state index >= 15 is 0 Å². The molecule has 0 aromatic carbocycles. The first-order valence-corrected chi connectivity index (χ1v) is 6.35. The van der Waals surface area contributed by atoms with Gasteiger partial charge in [0.2, 0.25) is 4.96 Å². The molecule has 2 aromatic heterocycles. The average Bonchev–Trinajstić information content (AvgIpc) is 2.70. The van der Waals surface area contributed by atoms with E-state index in [-0.39, 0.29) is 4.96 Å². The zero-order valence-electron chi connectivity index (χ0n) is 10.9. The van der Waals surface area contributed by atoms with E-state index in [1.54, 1.807) is 13.8 Å². The standard InChI is InChI=1S/C10H14F3N5S/c1-8(2,9(3,4)14)6-17-18-5(10(11,12)13)15-16-7(18)19-6/h14H2,1-4H3. The maximum Gasteiger partial charge on any atom is 0.453 e. The highest BCUT2D eigenvalue weighted by molar-refractivity contribution is 7.16. The van der Waals surface area contributed by atoms with Gasteiger partial charge in [0.1, 0.15) is 5.01 Å². The molecule has 2 rings (SSSR count). The van der Waals surface area contributed by atoms with Crippen molar-refractivity contribution in [1.82, 2.24) is 19.8 Å². The summed E-state index contributed by atoms with van der Waals surface area (Å²) in [5, 5.41) is 11.1. The van der Waals surface area contributed by atoms with Crippen LogP contribution in [0.5, 0.6) is 0 Å². The van der Waals surface area contributed by atoms with Crippen molar-refractivity contribution in [2.75, 3.05) is 0 Å². The second-order valence-electron chi connectivity index (χ2n) is 5.47. The van der Waals surface area contributed by atoms with Crippen LogP contribution in [-0.2, 0) is 11.6 Å². The molecule has 0 spiro atoms. The third-order valence-electron chi connectivity index (χ3n) is 3.39. The Bertz CT molecular complexity index is 605. The van der Waals surface area contributed by atoms with Crippen LogP contribution in [0.3, 0.4) is 0 Å². The zero-order chi connectivity index (χ0) is 14.6. The smallest absolute Gasteiger partial charge is 0.325 e. The van der Waals surface area contributed by atoms with Crippen molar-refractivity contribution < 1.29 is 13.2 Å². The first-order valence-electron chi connectivity index (χ1n) is 5.53. The Labute approximate surface area is 111 Å². The fraction of sp³-hybridized carbons (Fsp3) is 0.700. The molecular formula is C10H14F3N5S. The number of hydrogen-bond acceptors (Lipinski definition) is 5. The predicted molar refractivity (Wildman–Crippen MR) is 65.0 cm³/mol. The minimum absolute atomic E-state index is 0.111. The summed E-state index contributed by atoms with van der Waals surface area (Å²) >= 11 is 1.07. The van der Waals surface area contributed by atoms with Crippen molar-refractivity contribution in [3.63, 3.8) is 0 Å². The van der Waals surface area contributed by atoms with E-state index in [4.69, 9.17) is 5.73 Å². The molecule has 0 fully saturated rings.